The zero-order chi connectivity index (χ0) is 14.0. The zero-order valence-electron chi connectivity index (χ0n) is 9.45. The molecule has 1 aromatic carbocycles. The molecule has 1 aromatic heterocycles. The molecular formula is C11H9F3N4S. The third kappa shape index (κ3) is 3.08. The number of halogens is 3. The molecule has 4 nitrogen and oxygen atoms in total. The first-order valence-electron chi connectivity index (χ1n) is 5.11. The van der Waals surface area contributed by atoms with Gasteiger partial charge in [-0.25, -0.2) is 4.98 Å². The van der Waals surface area contributed by atoms with Crippen LogP contribution in [0.15, 0.2) is 40.6 Å². The lowest BCUT2D eigenvalue weighted by atomic mass is 10.1. The number of aromatic nitrogens is 2. The Balaban J connectivity index is 2.41. The van der Waals surface area contributed by atoms with E-state index in [1.807, 2.05) is 0 Å². The van der Waals surface area contributed by atoms with Gasteiger partial charge in [-0.2, -0.15) is 13.2 Å². The molecule has 100 valence electrons. The summed E-state index contributed by atoms with van der Waals surface area (Å²) >= 11 is 1.11. The number of benzene rings is 1. The van der Waals surface area contributed by atoms with Crippen molar-refractivity contribution in [3.05, 3.63) is 41.7 Å². The van der Waals surface area contributed by atoms with E-state index in [1.165, 1.54) is 12.3 Å². The minimum Gasteiger partial charge on any atom is -0.384 e. The number of hydrogen-bond acceptors (Lipinski definition) is 3. The van der Waals surface area contributed by atoms with Gasteiger partial charge >= 0.3 is 6.18 Å². The van der Waals surface area contributed by atoms with E-state index in [1.54, 1.807) is 6.20 Å². The summed E-state index contributed by atoms with van der Waals surface area (Å²) in [5, 5.41) is 7.89. The minimum absolute atomic E-state index is 0.0382. The predicted molar refractivity (Wildman–Crippen MR) is 65.2 cm³/mol. The zero-order valence-corrected chi connectivity index (χ0v) is 10.3. The Labute approximate surface area is 110 Å². The van der Waals surface area contributed by atoms with E-state index in [0.29, 0.717) is 10.1 Å². The molecule has 0 fully saturated rings. The number of amidine groups is 1. The third-order valence-corrected chi connectivity index (χ3v) is 3.27. The first-order valence-corrected chi connectivity index (χ1v) is 5.92. The Bertz CT molecular complexity index is 592. The summed E-state index contributed by atoms with van der Waals surface area (Å²) < 4.78 is 37.8. The van der Waals surface area contributed by atoms with E-state index in [0.717, 1.165) is 23.9 Å². The Hall–Kier alpha value is -1.96. The molecule has 0 saturated carbocycles. The summed E-state index contributed by atoms with van der Waals surface area (Å²) in [5.74, 6) is -0.417. The van der Waals surface area contributed by atoms with E-state index in [2.05, 4.69) is 9.97 Å². The van der Waals surface area contributed by atoms with Crippen molar-refractivity contribution in [1.82, 2.24) is 9.97 Å². The molecule has 0 aliphatic heterocycles. The standard InChI is InChI=1S/C11H9F3N4S/c12-11(13,14)6-1-2-8(7(5-6)9(15)16)19-10-17-3-4-18-10/h1-5H,(H3,15,16)(H,17,18). The Morgan fingerprint density at radius 1 is 1.37 bits per heavy atom. The van der Waals surface area contributed by atoms with Crippen molar-refractivity contribution in [1.29, 1.82) is 5.41 Å². The van der Waals surface area contributed by atoms with Crippen LogP contribution in [0.2, 0.25) is 0 Å². The van der Waals surface area contributed by atoms with Crippen LogP contribution in [0, 0.1) is 5.41 Å². The van der Waals surface area contributed by atoms with Crippen molar-refractivity contribution < 1.29 is 13.2 Å². The van der Waals surface area contributed by atoms with Gasteiger partial charge in [0.2, 0.25) is 0 Å². The van der Waals surface area contributed by atoms with E-state index < -0.39 is 17.6 Å². The fraction of sp³-hybridized carbons (Fsp3) is 0.0909. The lowest BCUT2D eigenvalue weighted by Crippen LogP contribution is -2.15. The molecule has 2 aromatic rings. The van der Waals surface area contributed by atoms with Crippen molar-refractivity contribution in [2.45, 2.75) is 16.2 Å². The quantitative estimate of drug-likeness (QED) is 0.599. The molecule has 0 unspecified atom stereocenters. The molecule has 8 heteroatoms. The fourth-order valence-electron chi connectivity index (χ4n) is 1.42. The summed E-state index contributed by atoms with van der Waals surface area (Å²) in [6.07, 6.45) is -1.34. The van der Waals surface area contributed by atoms with Crippen LogP contribution in [0.1, 0.15) is 11.1 Å². The van der Waals surface area contributed by atoms with Crippen molar-refractivity contribution in [3.63, 3.8) is 0 Å². The molecule has 0 amide bonds. The molecule has 0 radical (unpaired) electrons. The summed E-state index contributed by atoms with van der Waals surface area (Å²) in [6.45, 7) is 0. The van der Waals surface area contributed by atoms with Gasteiger partial charge < -0.3 is 10.7 Å². The topological polar surface area (TPSA) is 78.6 Å². The van der Waals surface area contributed by atoms with Crippen molar-refractivity contribution in [3.8, 4) is 0 Å². The molecule has 0 spiro atoms. The van der Waals surface area contributed by atoms with Gasteiger partial charge in [-0.05, 0) is 18.2 Å². The van der Waals surface area contributed by atoms with Crippen LogP contribution in [-0.4, -0.2) is 15.8 Å². The highest BCUT2D eigenvalue weighted by molar-refractivity contribution is 7.99. The van der Waals surface area contributed by atoms with Gasteiger partial charge in [0, 0.05) is 22.9 Å². The molecular weight excluding hydrogens is 277 g/mol. The van der Waals surface area contributed by atoms with Crippen molar-refractivity contribution >= 4 is 17.6 Å². The Morgan fingerprint density at radius 2 is 2.11 bits per heavy atom. The molecule has 4 N–H and O–H groups in total. The van der Waals surface area contributed by atoms with Gasteiger partial charge in [0.1, 0.15) is 5.84 Å². The van der Waals surface area contributed by atoms with Gasteiger partial charge in [-0.1, -0.05) is 11.8 Å². The number of alkyl halides is 3. The van der Waals surface area contributed by atoms with Gasteiger partial charge in [0.25, 0.3) is 0 Å². The van der Waals surface area contributed by atoms with Gasteiger partial charge in [-0.3, -0.25) is 5.41 Å². The van der Waals surface area contributed by atoms with Crippen LogP contribution >= 0.6 is 11.8 Å². The van der Waals surface area contributed by atoms with Gasteiger partial charge in [0.05, 0.1) is 5.56 Å². The second kappa shape index (κ2) is 4.96. The first kappa shape index (κ1) is 13.5. The fourth-order valence-corrected chi connectivity index (χ4v) is 2.28. The van der Waals surface area contributed by atoms with Crippen molar-refractivity contribution in [2.24, 2.45) is 5.73 Å². The first-order chi connectivity index (χ1) is 8.88. The molecule has 1 heterocycles. The SMILES string of the molecule is N=C(N)c1cc(C(F)(F)F)ccc1Sc1ncc[nH]1. The molecule has 19 heavy (non-hydrogen) atoms. The molecule has 0 bridgehead atoms. The van der Waals surface area contributed by atoms with Crippen LogP contribution < -0.4 is 5.73 Å². The molecule has 0 saturated heterocycles. The molecule has 2 rings (SSSR count). The van der Waals surface area contributed by atoms with Crippen LogP contribution in [0.25, 0.3) is 0 Å². The second-order valence-corrected chi connectivity index (χ2v) is 4.65. The van der Waals surface area contributed by atoms with E-state index in [9.17, 15) is 13.2 Å². The summed E-state index contributed by atoms with van der Waals surface area (Å²) in [7, 11) is 0. The minimum atomic E-state index is -4.46. The van der Waals surface area contributed by atoms with Crippen LogP contribution in [0.4, 0.5) is 13.2 Å². The maximum absolute atomic E-state index is 12.6. The number of rotatable bonds is 3. The second-order valence-electron chi connectivity index (χ2n) is 3.62. The number of nitrogens with two attached hydrogens (primary N) is 1. The van der Waals surface area contributed by atoms with Crippen molar-refractivity contribution in [2.75, 3.05) is 0 Å². The summed E-state index contributed by atoms with van der Waals surface area (Å²) in [4.78, 5) is 7.21. The van der Waals surface area contributed by atoms with E-state index >= 15 is 0 Å². The Morgan fingerprint density at radius 3 is 2.63 bits per heavy atom. The maximum atomic E-state index is 12.6. The molecule has 0 atom stereocenters. The predicted octanol–water partition coefficient (Wildman–Crippen LogP) is 2.86. The average Bonchev–Trinajstić information content (AvgIpc) is 2.80. The summed E-state index contributed by atoms with van der Waals surface area (Å²) in [6, 6.07) is 3.11. The Kier molecular flexibility index (Phi) is 3.52. The lowest BCUT2D eigenvalue weighted by Gasteiger charge is -2.11. The normalized spacial score (nSPS) is 11.5. The highest BCUT2D eigenvalue weighted by atomic mass is 32.2. The maximum Gasteiger partial charge on any atom is 0.416 e. The lowest BCUT2D eigenvalue weighted by molar-refractivity contribution is -0.137. The largest absolute Gasteiger partial charge is 0.416 e. The van der Waals surface area contributed by atoms with Gasteiger partial charge in [-0.15, -0.1) is 0 Å². The number of imidazole rings is 1. The summed E-state index contributed by atoms with van der Waals surface area (Å²) in [5.41, 5.74) is 4.53. The molecule has 0 aliphatic carbocycles. The monoisotopic (exact) mass is 286 g/mol. The highest BCUT2D eigenvalue weighted by Crippen LogP contribution is 2.34. The van der Waals surface area contributed by atoms with Crippen LogP contribution in [0.3, 0.4) is 0 Å². The van der Waals surface area contributed by atoms with E-state index in [-0.39, 0.29) is 5.56 Å². The van der Waals surface area contributed by atoms with Crippen LogP contribution in [0.5, 0.6) is 0 Å². The average molecular weight is 286 g/mol. The third-order valence-electron chi connectivity index (χ3n) is 2.28. The number of nitrogens with zero attached hydrogens (tertiary/aromatic N) is 1. The number of hydrogen-bond donors (Lipinski definition) is 3. The number of aromatic amines is 1. The molecule has 0 aliphatic rings. The number of nitrogens with one attached hydrogen (secondary N) is 2. The smallest absolute Gasteiger partial charge is 0.384 e. The highest BCUT2D eigenvalue weighted by Gasteiger charge is 2.31. The van der Waals surface area contributed by atoms with E-state index in [4.69, 9.17) is 11.1 Å². The van der Waals surface area contributed by atoms with Crippen LogP contribution in [-0.2, 0) is 6.18 Å². The van der Waals surface area contributed by atoms with Gasteiger partial charge in [0.15, 0.2) is 5.16 Å². The number of H-pyrrole nitrogens is 1. The number of nitrogen functional groups attached to an aromatic ring is 1.